The van der Waals surface area contributed by atoms with Crippen LogP contribution >= 0.6 is 15.9 Å². The monoisotopic (exact) mass is 527 g/mol. The topological polar surface area (TPSA) is 91.3 Å². The molecule has 3 aromatic carbocycles. The minimum absolute atomic E-state index is 0.0298. The number of benzene rings is 3. The molecule has 1 aliphatic rings. The Balaban J connectivity index is 1.63. The summed E-state index contributed by atoms with van der Waals surface area (Å²) >= 11 is 3.36. The van der Waals surface area contributed by atoms with Crippen LogP contribution in [-0.4, -0.2) is 26.9 Å². The quantitative estimate of drug-likeness (QED) is 0.245. The molecule has 1 heterocycles. The lowest BCUT2D eigenvalue weighted by atomic mass is 10.1. The highest BCUT2D eigenvalue weighted by atomic mass is 79.9. The van der Waals surface area contributed by atoms with Gasteiger partial charge in [0.05, 0.1) is 6.61 Å². The molecule has 0 amide bonds. The van der Waals surface area contributed by atoms with Crippen molar-refractivity contribution in [2.45, 2.75) is 11.8 Å². The van der Waals surface area contributed by atoms with Crippen molar-refractivity contribution < 1.29 is 26.9 Å². The van der Waals surface area contributed by atoms with E-state index in [4.69, 9.17) is 13.7 Å². The van der Waals surface area contributed by atoms with Crippen LogP contribution in [0.15, 0.2) is 92.9 Å². The third kappa shape index (κ3) is 5.32. The molecule has 168 valence electrons. The summed E-state index contributed by atoms with van der Waals surface area (Å²) in [5.74, 6) is -0.124. The average Bonchev–Trinajstić information content (AvgIpc) is 3.17. The molecule has 0 bridgehead atoms. The number of nitrogens with zero attached hydrogens (tertiary/aromatic N) is 1. The number of esters is 1. The van der Waals surface area contributed by atoms with Gasteiger partial charge in [-0.15, -0.1) is 0 Å². The second-order valence-corrected chi connectivity index (χ2v) is 9.29. The SMILES string of the molecule is CCOc1cc(/C=C2\N=C(c3ccc(Br)cc3)OC2=O)ccc1OS(=O)(=O)c1ccccc1. The summed E-state index contributed by atoms with van der Waals surface area (Å²) in [6.07, 6.45) is 1.53. The molecule has 0 N–H and O–H groups in total. The minimum atomic E-state index is -4.03. The lowest BCUT2D eigenvalue weighted by Gasteiger charge is -2.12. The number of carbonyl (C=O) groups excluding carboxylic acids is 1. The molecule has 0 aliphatic carbocycles. The highest BCUT2D eigenvalue weighted by molar-refractivity contribution is 9.10. The fraction of sp³-hybridized carbons (Fsp3) is 0.0833. The Labute approximate surface area is 199 Å². The molecule has 0 saturated carbocycles. The summed E-state index contributed by atoms with van der Waals surface area (Å²) < 4.78 is 42.2. The summed E-state index contributed by atoms with van der Waals surface area (Å²) in [6, 6.07) is 19.7. The molecule has 9 heteroatoms. The van der Waals surface area contributed by atoms with E-state index >= 15 is 0 Å². The molecule has 1 aliphatic heterocycles. The molecular weight excluding hydrogens is 510 g/mol. The molecule has 0 atom stereocenters. The molecule has 0 fully saturated rings. The smallest absolute Gasteiger partial charge is 0.363 e. The van der Waals surface area contributed by atoms with E-state index in [1.165, 1.54) is 24.3 Å². The van der Waals surface area contributed by atoms with Gasteiger partial charge in [-0.25, -0.2) is 9.79 Å². The number of hydrogen-bond donors (Lipinski definition) is 0. The van der Waals surface area contributed by atoms with Crippen molar-refractivity contribution >= 4 is 44.0 Å². The van der Waals surface area contributed by atoms with E-state index < -0.39 is 16.1 Å². The maximum Gasteiger partial charge on any atom is 0.363 e. The fourth-order valence-electron chi connectivity index (χ4n) is 2.99. The van der Waals surface area contributed by atoms with E-state index in [0.717, 1.165) is 4.47 Å². The zero-order chi connectivity index (χ0) is 23.4. The van der Waals surface area contributed by atoms with Crippen molar-refractivity contribution in [1.29, 1.82) is 0 Å². The van der Waals surface area contributed by atoms with Crippen molar-refractivity contribution in [1.82, 2.24) is 0 Å². The van der Waals surface area contributed by atoms with Gasteiger partial charge in [-0.1, -0.05) is 40.2 Å². The number of ether oxygens (including phenoxy) is 2. The Hall–Kier alpha value is -3.43. The molecule has 0 spiro atoms. The molecule has 0 saturated heterocycles. The first-order valence-electron chi connectivity index (χ1n) is 9.90. The first-order valence-corrected chi connectivity index (χ1v) is 12.1. The number of hydrogen-bond acceptors (Lipinski definition) is 7. The van der Waals surface area contributed by atoms with E-state index in [-0.39, 0.29) is 34.6 Å². The maximum absolute atomic E-state index is 12.6. The van der Waals surface area contributed by atoms with Gasteiger partial charge < -0.3 is 13.7 Å². The lowest BCUT2D eigenvalue weighted by Crippen LogP contribution is -2.10. The Bertz CT molecular complexity index is 1350. The van der Waals surface area contributed by atoms with Crippen LogP contribution in [0, 0.1) is 0 Å². The normalized spacial score (nSPS) is 14.7. The molecular formula is C24H18BrNO6S. The molecule has 0 aromatic heterocycles. The predicted octanol–water partition coefficient (Wildman–Crippen LogP) is 4.96. The van der Waals surface area contributed by atoms with E-state index in [1.54, 1.807) is 49.4 Å². The van der Waals surface area contributed by atoms with Crippen molar-refractivity contribution in [2.75, 3.05) is 6.61 Å². The summed E-state index contributed by atoms with van der Waals surface area (Å²) in [6.45, 7) is 2.05. The van der Waals surface area contributed by atoms with Crippen molar-refractivity contribution in [2.24, 2.45) is 4.99 Å². The summed E-state index contributed by atoms with van der Waals surface area (Å²) in [4.78, 5) is 16.6. The van der Waals surface area contributed by atoms with Gasteiger partial charge in [-0.2, -0.15) is 8.42 Å². The number of rotatable bonds is 7. The summed E-state index contributed by atoms with van der Waals surface area (Å²) in [5, 5.41) is 0. The molecule has 0 radical (unpaired) electrons. The van der Waals surface area contributed by atoms with Crippen molar-refractivity contribution in [3.63, 3.8) is 0 Å². The molecule has 4 rings (SSSR count). The van der Waals surface area contributed by atoms with Crippen LogP contribution in [0.25, 0.3) is 6.08 Å². The fourth-order valence-corrected chi connectivity index (χ4v) is 4.21. The second kappa shape index (κ2) is 9.60. The summed E-state index contributed by atoms with van der Waals surface area (Å²) in [7, 11) is -4.03. The van der Waals surface area contributed by atoms with E-state index in [1.807, 2.05) is 12.1 Å². The largest absolute Gasteiger partial charge is 0.490 e. The van der Waals surface area contributed by atoms with Crippen LogP contribution in [0.2, 0.25) is 0 Å². The number of cyclic esters (lactones) is 1. The summed E-state index contributed by atoms with van der Waals surface area (Å²) in [5.41, 5.74) is 1.34. The zero-order valence-corrected chi connectivity index (χ0v) is 19.8. The second-order valence-electron chi connectivity index (χ2n) is 6.83. The molecule has 33 heavy (non-hydrogen) atoms. The van der Waals surface area contributed by atoms with Crippen LogP contribution in [-0.2, 0) is 19.6 Å². The van der Waals surface area contributed by atoms with E-state index in [2.05, 4.69) is 20.9 Å². The first kappa shape index (κ1) is 22.8. The molecule has 3 aromatic rings. The Morgan fingerprint density at radius 3 is 2.42 bits per heavy atom. The van der Waals surface area contributed by atoms with Crippen LogP contribution < -0.4 is 8.92 Å². The van der Waals surface area contributed by atoms with Gasteiger partial charge in [-0.3, -0.25) is 0 Å². The zero-order valence-electron chi connectivity index (χ0n) is 17.4. The highest BCUT2D eigenvalue weighted by Gasteiger charge is 2.25. The Morgan fingerprint density at radius 2 is 1.73 bits per heavy atom. The Morgan fingerprint density at radius 1 is 1.00 bits per heavy atom. The van der Waals surface area contributed by atoms with Crippen LogP contribution in [0.5, 0.6) is 11.5 Å². The Kier molecular flexibility index (Phi) is 6.62. The third-order valence-electron chi connectivity index (χ3n) is 4.51. The van der Waals surface area contributed by atoms with Gasteiger partial charge in [-0.05, 0) is 67.1 Å². The lowest BCUT2D eigenvalue weighted by molar-refractivity contribution is -0.129. The van der Waals surface area contributed by atoms with Gasteiger partial charge in [0.1, 0.15) is 4.90 Å². The number of halogens is 1. The van der Waals surface area contributed by atoms with Gasteiger partial charge in [0.15, 0.2) is 17.2 Å². The standard InChI is InChI=1S/C24H18BrNO6S/c1-2-30-22-15-16(8-13-21(22)32-33(28,29)19-6-4-3-5-7-19)14-20-24(27)31-23(26-20)17-9-11-18(25)12-10-17/h3-15H,2H2,1H3/b20-14-. The van der Waals surface area contributed by atoms with Gasteiger partial charge in [0, 0.05) is 10.0 Å². The average molecular weight is 528 g/mol. The third-order valence-corrected chi connectivity index (χ3v) is 6.29. The van der Waals surface area contributed by atoms with Crippen LogP contribution in [0.1, 0.15) is 18.1 Å². The van der Waals surface area contributed by atoms with Gasteiger partial charge in [0.25, 0.3) is 0 Å². The van der Waals surface area contributed by atoms with E-state index in [0.29, 0.717) is 11.1 Å². The van der Waals surface area contributed by atoms with E-state index in [9.17, 15) is 13.2 Å². The highest BCUT2D eigenvalue weighted by Crippen LogP contribution is 2.32. The molecule has 0 unspecified atom stereocenters. The first-order chi connectivity index (χ1) is 15.9. The predicted molar refractivity (Wildman–Crippen MR) is 127 cm³/mol. The van der Waals surface area contributed by atoms with Crippen molar-refractivity contribution in [3.8, 4) is 11.5 Å². The molecule has 7 nitrogen and oxygen atoms in total. The van der Waals surface area contributed by atoms with Crippen LogP contribution in [0.4, 0.5) is 0 Å². The van der Waals surface area contributed by atoms with Crippen LogP contribution in [0.3, 0.4) is 0 Å². The minimum Gasteiger partial charge on any atom is -0.490 e. The number of carbonyl (C=O) groups is 1. The number of aliphatic imine (C=N–C) groups is 1. The van der Waals surface area contributed by atoms with Gasteiger partial charge >= 0.3 is 16.1 Å². The maximum atomic E-state index is 12.6. The van der Waals surface area contributed by atoms with Gasteiger partial charge in [0.2, 0.25) is 5.90 Å². The van der Waals surface area contributed by atoms with Crippen molar-refractivity contribution in [3.05, 3.63) is 94.1 Å².